The average molecular weight is 247 g/mol. The fraction of sp³-hybridized carbons (Fsp3) is 0.100. The van der Waals surface area contributed by atoms with Crippen LogP contribution >= 0.6 is 0 Å². The highest BCUT2D eigenvalue weighted by atomic mass is 16.6. The molecule has 0 radical (unpaired) electrons. The SMILES string of the molecule is Nc1ccnc(Cn2cc([N+](=O)[O-])cnc2=O)c1. The summed E-state index contributed by atoms with van der Waals surface area (Å²) in [6, 6.07) is 3.20. The molecule has 0 aliphatic heterocycles. The van der Waals surface area contributed by atoms with E-state index in [0.29, 0.717) is 11.4 Å². The summed E-state index contributed by atoms with van der Waals surface area (Å²) in [5.41, 5.74) is 5.78. The van der Waals surface area contributed by atoms with Crippen LogP contribution in [-0.4, -0.2) is 19.5 Å². The van der Waals surface area contributed by atoms with Crippen molar-refractivity contribution < 1.29 is 4.92 Å². The number of hydrogen-bond donors (Lipinski definition) is 1. The Labute approximate surface area is 101 Å². The standard InChI is InChI=1S/C10H9N5O3/c11-7-1-2-12-8(3-7)5-14-6-9(15(17)18)4-13-10(14)16/h1-4,6H,5H2,(H2,11,12). The molecule has 0 aromatic carbocycles. The molecular weight excluding hydrogens is 238 g/mol. The molecule has 8 nitrogen and oxygen atoms in total. The summed E-state index contributed by atoms with van der Waals surface area (Å²) in [5.74, 6) is 0. The van der Waals surface area contributed by atoms with Gasteiger partial charge in [0.2, 0.25) is 0 Å². The quantitative estimate of drug-likeness (QED) is 0.610. The van der Waals surface area contributed by atoms with E-state index in [9.17, 15) is 14.9 Å². The molecule has 0 unspecified atom stereocenters. The van der Waals surface area contributed by atoms with Crippen molar-refractivity contribution in [2.24, 2.45) is 0 Å². The minimum atomic E-state index is -0.615. The fourth-order valence-corrected chi connectivity index (χ4v) is 1.41. The summed E-state index contributed by atoms with van der Waals surface area (Å²) in [6.07, 6.45) is 3.55. The Morgan fingerprint density at radius 2 is 2.22 bits per heavy atom. The summed E-state index contributed by atoms with van der Waals surface area (Å²) in [6.45, 7) is 0.0819. The lowest BCUT2D eigenvalue weighted by Gasteiger charge is -2.04. The van der Waals surface area contributed by atoms with E-state index >= 15 is 0 Å². The number of nitrogen functional groups attached to an aromatic ring is 1. The van der Waals surface area contributed by atoms with Crippen LogP contribution in [0.25, 0.3) is 0 Å². The molecule has 92 valence electrons. The summed E-state index contributed by atoms with van der Waals surface area (Å²) in [5, 5.41) is 10.6. The van der Waals surface area contributed by atoms with Crippen LogP contribution in [0.5, 0.6) is 0 Å². The fourth-order valence-electron chi connectivity index (χ4n) is 1.41. The van der Waals surface area contributed by atoms with Gasteiger partial charge in [-0.05, 0) is 12.1 Å². The topological polar surface area (TPSA) is 117 Å². The van der Waals surface area contributed by atoms with Gasteiger partial charge in [-0.25, -0.2) is 4.79 Å². The van der Waals surface area contributed by atoms with Gasteiger partial charge in [0.05, 0.1) is 23.4 Å². The van der Waals surface area contributed by atoms with Gasteiger partial charge in [0, 0.05) is 11.9 Å². The first-order valence-electron chi connectivity index (χ1n) is 4.97. The molecule has 0 saturated carbocycles. The van der Waals surface area contributed by atoms with Gasteiger partial charge >= 0.3 is 11.4 Å². The van der Waals surface area contributed by atoms with Crippen LogP contribution < -0.4 is 11.4 Å². The van der Waals surface area contributed by atoms with Gasteiger partial charge in [0.15, 0.2) is 0 Å². The van der Waals surface area contributed by atoms with Gasteiger partial charge in [0.1, 0.15) is 6.20 Å². The molecule has 0 spiro atoms. The van der Waals surface area contributed by atoms with E-state index < -0.39 is 10.6 Å². The monoisotopic (exact) mass is 247 g/mol. The van der Waals surface area contributed by atoms with Gasteiger partial charge in [0.25, 0.3) is 0 Å². The maximum Gasteiger partial charge on any atom is 0.348 e. The zero-order valence-electron chi connectivity index (χ0n) is 9.18. The second-order valence-electron chi connectivity index (χ2n) is 3.56. The Bertz CT molecular complexity index is 652. The van der Waals surface area contributed by atoms with Crippen LogP contribution in [0.3, 0.4) is 0 Å². The molecule has 2 aromatic heterocycles. The molecule has 2 aromatic rings. The van der Waals surface area contributed by atoms with E-state index in [0.717, 1.165) is 17.0 Å². The van der Waals surface area contributed by atoms with Crippen LogP contribution in [0.2, 0.25) is 0 Å². The molecule has 0 amide bonds. The van der Waals surface area contributed by atoms with E-state index in [1.807, 2.05) is 0 Å². The van der Waals surface area contributed by atoms with Crippen LogP contribution in [0.4, 0.5) is 11.4 Å². The van der Waals surface area contributed by atoms with Crippen molar-refractivity contribution in [3.8, 4) is 0 Å². The molecule has 2 rings (SSSR count). The summed E-state index contributed by atoms with van der Waals surface area (Å²) in [4.78, 5) is 28.9. The molecule has 0 saturated heterocycles. The molecule has 2 heterocycles. The third kappa shape index (κ3) is 2.48. The number of nitrogens with two attached hydrogens (primary N) is 1. The maximum absolute atomic E-state index is 11.5. The molecule has 0 atom stereocenters. The number of hydrogen-bond acceptors (Lipinski definition) is 6. The van der Waals surface area contributed by atoms with E-state index in [-0.39, 0.29) is 12.2 Å². The zero-order valence-corrected chi connectivity index (χ0v) is 9.18. The van der Waals surface area contributed by atoms with Gasteiger partial charge in [-0.3, -0.25) is 19.7 Å². The smallest absolute Gasteiger partial charge is 0.348 e. The number of rotatable bonds is 3. The largest absolute Gasteiger partial charge is 0.399 e. The van der Waals surface area contributed by atoms with Gasteiger partial charge in [-0.1, -0.05) is 0 Å². The Morgan fingerprint density at radius 3 is 2.89 bits per heavy atom. The van der Waals surface area contributed by atoms with Crippen molar-refractivity contribution in [3.63, 3.8) is 0 Å². The first kappa shape index (κ1) is 11.7. The molecule has 0 fully saturated rings. The lowest BCUT2D eigenvalue weighted by molar-refractivity contribution is -0.385. The van der Waals surface area contributed by atoms with Crippen LogP contribution in [0.15, 0.2) is 35.5 Å². The summed E-state index contributed by atoms with van der Waals surface area (Å²) < 4.78 is 1.11. The third-order valence-electron chi connectivity index (χ3n) is 2.22. The highest BCUT2D eigenvalue weighted by molar-refractivity contribution is 5.37. The first-order valence-corrected chi connectivity index (χ1v) is 4.97. The van der Waals surface area contributed by atoms with Gasteiger partial charge < -0.3 is 5.73 Å². The summed E-state index contributed by atoms with van der Waals surface area (Å²) in [7, 11) is 0. The number of anilines is 1. The van der Waals surface area contributed by atoms with Gasteiger partial charge in [-0.2, -0.15) is 4.98 Å². The molecule has 8 heteroatoms. The van der Waals surface area contributed by atoms with E-state index in [4.69, 9.17) is 5.73 Å². The minimum absolute atomic E-state index is 0.0819. The van der Waals surface area contributed by atoms with Crippen molar-refractivity contribution in [3.05, 3.63) is 57.0 Å². The Balaban J connectivity index is 2.37. The van der Waals surface area contributed by atoms with Crippen molar-refractivity contribution in [1.29, 1.82) is 0 Å². The molecule has 18 heavy (non-hydrogen) atoms. The number of nitrogens with zero attached hydrogens (tertiary/aromatic N) is 4. The van der Waals surface area contributed by atoms with Crippen LogP contribution in [0, 0.1) is 10.1 Å². The lowest BCUT2D eigenvalue weighted by atomic mass is 10.3. The summed E-state index contributed by atoms with van der Waals surface area (Å²) >= 11 is 0. The molecule has 0 aliphatic carbocycles. The van der Waals surface area contributed by atoms with Crippen molar-refractivity contribution in [2.75, 3.05) is 5.73 Å². The Hall–Kier alpha value is -2.77. The van der Waals surface area contributed by atoms with E-state index in [2.05, 4.69) is 9.97 Å². The predicted molar refractivity (Wildman–Crippen MR) is 62.9 cm³/mol. The van der Waals surface area contributed by atoms with Crippen LogP contribution in [-0.2, 0) is 6.54 Å². The lowest BCUT2D eigenvalue weighted by Crippen LogP contribution is -2.23. The second-order valence-corrected chi connectivity index (χ2v) is 3.56. The molecular formula is C10H9N5O3. The molecule has 0 bridgehead atoms. The first-order chi connectivity index (χ1) is 8.56. The highest BCUT2D eigenvalue weighted by Gasteiger charge is 2.09. The Morgan fingerprint density at radius 1 is 1.44 bits per heavy atom. The van der Waals surface area contributed by atoms with Gasteiger partial charge in [-0.15, -0.1) is 0 Å². The highest BCUT2D eigenvalue weighted by Crippen LogP contribution is 2.07. The Kier molecular flexibility index (Phi) is 3.00. The third-order valence-corrected chi connectivity index (χ3v) is 2.22. The van der Waals surface area contributed by atoms with Crippen molar-refractivity contribution >= 4 is 11.4 Å². The predicted octanol–water partition coefficient (Wildman–Crippen LogP) is 0.177. The van der Waals surface area contributed by atoms with E-state index in [1.54, 1.807) is 12.1 Å². The van der Waals surface area contributed by atoms with Crippen molar-refractivity contribution in [1.82, 2.24) is 14.5 Å². The number of nitro groups is 1. The van der Waals surface area contributed by atoms with Crippen molar-refractivity contribution in [2.45, 2.75) is 6.54 Å². The maximum atomic E-state index is 11.5. The normalized spacial score (nSPS) is 10.2. The zero-order chi connectivity index (χ0) is 13.1. The minimum Gasteiger partial charge on any atom is -0.399 e. The van der Waals surface area contributed by atoms with E-state index in [1.165, 1.54) is 6.20 Å². The van der Waals surface area contributed by atoms with Crippen LogP contribution in [0.1, 0.15) is 5.69 Å². The molecule has 0 aliphatic rings. The average Bonchev–Trinajstić information content (AvgIpc) is 2.31. The number of pyridine rings is 1. The second kappa shape index (κ2) is 4.62. The molecule has 2 N–H and O–H groups in total. The number of aromatic nitrogens is 3.